The van der Waals surface area contributed by atoms with E-state index < -0.39 is 0 Å². The lowest BCUT2D eigenvalue weighted by atomic mass is 10.1. The van der Waals surface area contributed by atoms with Crippen LogP contribution in [-0.2, 0) is 26.2 Å². The van der Waals surface area contributed by atoms with Crippen LogP contribution < -0.4 is 18.9 Å². The molecule has 0 fully saturated rings. The van der Waals surface area contributed by atoms with Crippen LogP contribution in [0.4, 0.5) is 0 Å². The molecule has 0 amide bonds. The second kappa shape index (κ2) is 12.2. The van der Waals surface area contributed by atoms with Crippen molar-refractivity contribution in [3.63, 3.8) is 0 Å². The van der Waals surface area contributed by atoms with E-state index in [1.54, 1.807) is 0 Å². The normalized spacial score (nSPS) is 13.2. The predicted octanol–water partition coefficient (Wildman–Crippen LogP) is 7.07. The first-order valence-corrected chi connectivity index (χ1v) is 14.8. The molecular formula is C35H34N4O4. The molecule has 0 saturated carbocycles. The fourth-order valence-electron chi connectivity index (χ4n) is 5.69. The minimum Gasteiger partial charge on any atom is -0.454 e. The van der Waals surface area contributed by atoms with Crippen LogP contribution in [0.15, 0.2) is 91.1 Å². The van der Waals surface area contributed by atoms with E-state index >= 15 is 0 Å². The number of pyridine rings is 1. The topological polar surface area (TPSA) is 70.9 Å². The Morgan fingerprint density at radius 3 is 2.00 bits per heavy atom. The molecule has 2 aliphatic heterocycles. The summed E-state index contributed by atoms with van der Waals surface area (Å²) in [6.07, 6.45) is 3.97. The van der Waals surface area contributed by atoms with E-state index in [4.69, 9.17) is 28.9 Å². The molecular weight excluding hydrogens is 540 g/mol. The Balaban J connectivity index is 1.31. The standard InChI is InChI=1S/C35H34N4O4/c1-2-3-17-39-29(34(28-11-7-8-16-36-28)37-35(39)27-9-5-4-6-10-27)22-38(20-25-12-14-30-32(18-25)42-23-40-30)21-26-13-15-31-33(19-26)43-24-41-31/h4-16,18-19H,2-3,17,20-24H2,1H3. The van der Waals surface area contributed by atoms with Crippen molar-refractivity contribution in [1.29, 1.82) is 0 Å². The third-order valence-corrected chi connectivity index (χ3v) is 7.81. The van der Waals surface area contributed by atoms with E-state index in [-0.39, 0.29) is 13.6 Å². The Labute approximate surface area is 251 Å². The molecule has 0 N–H and O–H groups in total. The molecule has 0 radical (unpaired) electrons. The van der Waals surface area contributed by atoms with E-state index in [1.807, 2.05) is 42.6 Å². The van der Waals surface area contributed by atoms with E-state index in [9.17, 15) is 0 Å². The highest BCUT2D eigenvalue weighted by atomic mass is 16.7. The molecule has 0 atom stereocenters. The summed E-state index contributed by atoms with van der Waals surface area (Å²) >= 11 is 0. The number of imidazole rings is 1. The Morgan fingerprint density at radius 2 is 1.37 bits per heavy atom. The van der Waals surface area contributed by atoms with Gasteiger partial charge in [0.05, 0.1) is 11.4 Å². The Kier molecular flexibility index (Phi) is 7.67. The van der Waals surface area contributed by atoms with Gasteiger partial charge in [-0.1, -0.05) is 61.9 Å². The third kappa shape index (κ3) is 5.79. The minimum absolute atomic E-state index is 0.256. The fourth-order valence-corrected chi connectivity index (χ4v) is 5.69. The number of unbranched alkanes of at least 4 members (excludes halogenated alkanes) is 1. The number of nitrogens with zero attached hydrogens (tertiary/aromatic N) is 4. The molecule has 0 unspecified atom stereocenters. The number of benzene rings is 3. The fraction of sp³-hybridized carbons (Fsp3) is 0.257. The number of hydrogen-bond donors (Lipinski definition) is 0. The van der Waals surface area contributed by atoms with Gasteiger partial charge in [0.25, 0.3) is 0 Å². The third-order valence-electron chi connectivity index (χ3n) is 7.81. The predicted molar refractivity (Wildman–Crippen MR) is 164 cm³/mol. The van der Waals surface area contributed by atoms with Gasteiger partial charge in [-0.25, -0.2) is 4.98 Å². The Bertz CT molecular complexity index is 1650. The molecule has 218 valence electrons. The summed E-state index contributed by atoms with van der Waals surface area (Å²) in [5.74, 6) is 4.11. The molecule has 2 aromatic heterocycles. The summed E-state index contributed by atoms with van der Waals surface area (Å²) in [6.45, 7) is 5.68. The first-order valence-electron chi connectivity index (χ1n) is 14.8. The number of hydrogen-bond acceptors (Lipinski definition) is 7. The average molecular weight is 575 g/mol. The van der Waals surface area contributed by atoms with E-state index in [0.717, 1.165) is 82.0 Å². The maximum atomic E-state index is 5.71. The molecule has 5 aromatic rings. The van der Waals surface area contributed by atoms with E-state index in [0.29, 0.717) is 19.6 Å². The summed E-state index contributed by atoms with van der Waals surface area (Å²) in [4.78, 5) is 12.4. The van der Waals surface area contributed by atoms with Gasteiger partial charge in [-0.2, -0.15) is 0 Å². The Hall–Kier alpha value is -4.82. The SMILES string of the molecule is CCCCn1c(-c2ccccc2)nc(-c2ccccn2)c1CN(Cc1ccc2c(c1)OCO2)Cc1ccc2c(c1)OCO2. The van der Waals surface area contributed by atoms with Crippen molar-refractivity contribution in [2.75, 3.05) is 13.6 Å². The van der Waals surface area contributed by atoms with Crippen LogP contribution in [0.5, 0.6) is 23.0 Å². The van der Waals surface area contributed by atoms with Gasteiger partial charge in [-0.15, -0.1) is 0 Å². The van der Waals surface area contributed by atoms with Gasteiger partial charge < -0.3 is 23.5 Å². The van der Waals surface area contributed by atoms with Gasteiger partial charge in [0.1, 0.15) is 11.5 Å². The van der Waals surface area contributed by atoms with Crippen LogP contribution in [0.3, 0.4) is 0 Å². The zero-order valence-electron chi connectivity index (χ0n) is 24.2. The lowest BCUT2D eigenvalue weighted by Crippen LogP contribution is -2.24. The molecule has 43 heavy (non-hydrogen) atoms. The first kappa shape index (κ1) is 27.0. The molecule has 7 rings (SSSR count). The van der Waals surface area contributed by atoms with Crippen LogP contribution in [0, 0.1) is 0 Å². The molecule has 0 bridgehead atoms. The molecule has 8 nitrogen and oxygen atoms in total. The van der Waals surface area contributed by atoms with Crippen molar-refractivity contribution in [2.24, 2.45) is 0 Å². The number of rotatable bonds is 11. The number of ether oxygens (including phenoxy) is 4. The average Bonchev–Trinajstić information content (AvgIpc) is 3.79. The maximum Gasteiger partial charge on any atom is 0.231 e. The van der Waals surface area contributed by atoms with Crippen molar-refractivity contribution in [2.45, 2.75) is 45.9 Å². The van der Waals surface area contributed by atoms with Gasteiger partial charge in [0, 0.05) is 37.9 Å². The van der Waals surface area contributed by atoms with Crippen LogP contribution in [0.25, 0.3) is 22.8 Å². The quantitative estimate of drug-likeness (QED) is 0.167. The van der Waals surface area contributed by atoms with Crippen molar-refractivity contribution in [3.8, 4) is 45.8 Å². The monoisotopic (exact) mass is 574 g/mol. The summed E-state index contributed by atoms with van der Waals surface area (Å²) in [5, 5.41) is 0. The number of fused-ring (bicyclic) bond motifs is 2. The zero-order chi connectivity index (χ0) is 29.0. The van der Waals surface area contributed by atoms with Crippen LogP contribution in [-0.4, -0.2) is 33.0 Å². The van der Waals surface area contributed by atoms with Crippen molar-refractivity contribution >= 4 is 0 Å². The Morgan fingerprint density at radius 1 is 0.721 bits per heavy atom. The molecule has 4 heterocycles. The minimum atomic E-state index is 0.256. The lowest BCUT2D eigenvalue weighted by molar-refractivity contribution is 0.173. The van der Waals surface area contributed by atoms with Gasteiger partial charge >= 0.3 is 0 Å². The van der Waals surface area contributed by atoms with Crippen LogP contribution in [0.2, 0.25) is 0 Å². The molecule has 0 spiro atoms. The van der Waals surface area contributed by atoms with Gasteiger partial charge in [0.2, 0.25) is 13.6 Å². The van der Waals surface area contributed by atoms with Crippen molar-refractivity contribution < 1.29 is 18.9 Å². The van der Waals surface area contributed by atoms with E-state index in [2.05, 4.69) is 64.9 Å². The highest BCUT2D eigenvalue weighted by molar-refractivity contribution is 5.66. The molecule has 3 aromatic carbocycles. The molecule has 8 heteroatoms. The van der Waals surface area contributed by atoms with Crippen molar-refractivity contribution in [3.05, 3.63) is 108 Å². The smallest absolute Gasteiger partial charge is 0.231 e. The molecule has 0 aliphatic carbocycles. The second-order valence-corrected chi connectivity index (χ2v) is 10.8. The zero-order valence-corrected chi connectivity index (χ0v) is 24.2. The van der Waals surface area contributed by atoms with E-state index in [1.165, 1.54) is 0 Å². The first-order chi connectivity index (χ1) is 21.2. The van der Waals surface area contributed by atoms with Crippen LogP contribution in [0.1, 0.15) is 36.6 Å². The summed E-state index contributed by atoms with van der Waals surface area (Å²) < 4.78 is 25.0. The summed E-state index contributed by atoms with van der Waals surface area (Å²) in [5.41, 5.74) is 6.32. The lowest BCUT2D eigenvalue weighted by Gasteiger charge is -2.25. The number of aromatic nitrogens is 3. The van der Waals surface area contributed by atoms with Crippen LogP contribution >= 0.6 is 0 Å². The highest BCUT2D eigenvalue weighted by Gasteiger charge is 2.24. The van der Waals surface area contributed by atoms with Gasteiger partial charge in [-0.3, -0.25) is 9.88 Å². The maximum absolute atomic E-state index is 5.71. The molecule has 2 aliphatic rings. The summed E-state index contributed by atoms with van der Waals surface area (Å²) in [6, 6.07) is 28.8. The largest absolute Gasteiger partial charge is 0.454 e. The van der Waals surface area contributed by atoms with Gasteiger partial charge in [-0.05, 0) is 53.9 Å². The summed E-state index contributed by atoms with van der Waals surface area (Å²) in [7, 11) is 0. The highest BCUT2D eigenvalue weighted by Crippen LogP contribution is 2.36. The molecule has 0 saturated heterocycles. The second-order valence-electron chi connectivity index (χ2n) is 10.8. The van der Waals surface area contributed by atoms with Crippen molar-refractivity contribution in [1.82, 2.24) is 19.4 Å². The van der Waals surface area contributed by atoms with Gasteiger partial charge in [0.15, 0.2) is 23.0 Å².